The van der Waals surface area contributed by atoms with Crippen molar-refractivity contribution < 1.29 is 23.4 Å². The molecule has 3 aromatic carbocycles. The van der Waals surface area contributed by atoms with Crippen molar-refractivity contribution in [1.29, 1.82) is 0 Å². The van der Waals surface area contributed by atoms with E-state index in [1.165, 1.54) is 16.9 Å². The molecule has 3 aromatic rings. The van der Waals surface area contributed by atoms with E-state index in [2.05, 4.69) is 31.3 Å². The molecule has 0 aliphatic heterocycles. The number of aliphatic hydroxyl groups is 1. The van der Waals surface area contributed by atoms with Crippen molar-refractivity contribution in [3.63, 3.8) is 0 Å². The van der Waals surface area contributed by atoms with Gasteiger partial charge in [0.25, 0.3) is 0 Å². The molecule has 0 saturated carbocycles. The Morgan fingerprint density at radius 2 is 1.59 bits per heavy atom. The zero-order chi connectivity index (χ0) is 30.0. The van der Waals surface area contributed by atoms with Crippen LogP contribution in [0.1, 0.15) is 56.7 Å². The lowest BCUT2D eigenvalue weighted by atomic mass is 9.95. The smallest absolute Gasteiger partial charge is 0.303 e. The first-order valence-corrected chi connectivity index (χ1v) is 15.7. The van der Waals surface area contributed by atoms with Crippen LogP contribution in [0, 0.1) is 0 Å². The van der Waals surface area contributed by atoms with Crippen LogP contribution in [0.3, 0.4) is 0 Å². The molecule has 0 amide bonds. The summed E-state index contributed by atoms with van der Waals surface area (Å²) in [5, 5.41) is 23.0. The summed E-state index contributed by atoms with van der Waals surface area (Å²) >= 11 is 0. The Morgan fingerprint density at radius 1 is 0.951 bits per heavy atom. The van der Waals surface area contributed by atoms with Crippen LogP contribution < -0.4 is 5.32 Å². The van der Waals surface area contributed by atoms with Crippen molar-refractivity contribution in [3.8, 4) is 11.1 Å². The highest BCUT2D eigenvalue weighted by atomic mass is 32.2. The van der Waals surface area contributed by atoms with Crippen LogP contribution in [0.4, 0.5) is 0 Å². The zero-order valence-electron chi connectivity index (χ0n) is 24.6. The van der Waals surface area contributed by atoms with Gasteiger partial charge in [0.05, 0.1) is 11.0 Å². The van der Waals surface area contributed by atoms with Gasteiger partial charge < -0.3 is 15.5 Å². The van der Waals surface area contributed by atoms with Crippen LogP contribution in [0.5, 0.6) is 0 Å². The van der Waals surface area contributed by atoms with Crippen LogP contribution in [0.25, 0.3) is 11.1 Å². The standard InChI is InChI=1S/C33H44N2O5S/c1-5-27-22-29(28-16-13-26(14-17-28)15-20-32(37)38)18-19-31(27)41(39,40)35(4)24-30(36)23-34-33(2,3)21-9-12-25-10-7-6-8-11-25/h6-8,10-11,13-14,16-19,22,30,34,36H,5,9,12,15,20-21,23-24H2,1-4H3,(H,37,38). The van der Waals surface area contributed by atoms with Crippen LogP contribution in [0.15, 0.2) is 77.7 Å². The van der Waals surface area contributed by atoms with Gasteiger partial charge in [0.2, 0.25) is 10.0 Å². The maximum Gasteiger partial charge on any atom is 0.303 e. The second-order valence-corrected chi connectivity index (χ2v) is 13.3. The maximum atomic E-state index is 13.5. The number of sulfonamides is 1. The minimum atomic E-state index is -3.81. The Hall–Kier alpha value is -3.04. The Kier molecular flexibility index (Phi) is 11.7. The van der Waals surface area contributed by atoms with Gasteiger partial charge in [-0.05, 0) is 85.9 Å². The van der Waals surface area contributed by atoms with Gasteiger partial charge in [-0.2, -0.15) is 4.31 Å². The predicted molar refractivity (Wildman–Crippen MR) is 164 cm³/mol. The Morgan fingerprint density at radius 3 is 2.22 bits per heavy atom. The van der Waals surface area contributed by atoms with Crippen molar-refractivity contribution in [2.24, 2.45) is 0 Å². The fourth-order valence-electron chi connectivity index (χ4n) is 4.89. The lowest BCUT2D eigenvalue weighted by Crippen LogP contribution is -2.46. The molecule has 1 unspecified atom stereocenters. The highest BCUT2D eigenvalue weighted by molar-refractivity contribution is 7.89. The fraction of sp³-hybridized carbons (Fsp3) is 0.424. The molecule has 41 heavy (non-hydrogen) atoms. The minimum Gasteiger partial charge on any atom is -0.481 e. The molecule has 0 aliphatic carbocycles. The topological polar surface area (TPSA) is 107 Å². The molecule has 3 rings (SSSR count). The Bertz CT molecular complexity index is 1370. The number of nitrogens with one attached hydrogen (secondary N) is 1. The summed E-state index contributed by atoms with van der Waals surface area (Å²) in [5.74, 6) is -0.828. The van der Waals surface area contributed by atoms with E-state index in [9.17, 15) is 18.3 Å². The van der Waals surface area contributed by atoms with Crippen molar-refractivity contribution in [3.05, 3.63) is 89.5 Å². The fourth-order valence-corrected chi connectivity index (χ4v) is 6.37. The molecule has 3 N–H and O–H groups in total. The number of carboxylic acid groups (broad SMARTS) is 1. The van der Waals surface area contributed by atoms with Crippen LogP contribution in [-0.4, -0.2) is 60.7 Å². The van der Waals surface area contributed by atoms with Gasteiger partial charge in [0.1, 0.15) is 0 Å². The van der Waals surface area contributed by atoms with Crippen molar-refractivity contribution >= 4 is 16.0 Å². The number of nitrogens with zero attached hydrogens (tertiary/aromatic N) is 1. The molecule has 8 heteroatoms. The first-order valence-electron chi connectivity index (χ1n) is 14.3. The highest BCUT2D eigenvalue weighted by Gasteiger charge is 2.26. The number of rotatable bonds is 16. The van der Waals surface area contributed by atoms with Crippen molar-refractivity contribution in [2.45, 2.75) is 75.8 Å². The normalized spacial score (nSPS) is 12.9. The van der Waals surface area contributed by atoms with Crippen LogP contribution >= 0.6 is 0 Å². The van der Waals surface area contributed by atoms with Gasteiger partial charge in [-0.15, -0.1) is 0 Å². The third-order valence-corrected chi connectivity index (χ3v) is 9.36. The van der Waals surface area contributed by atoms with E-state index in [1.54, 1.807) is 12.1 Å². The van der Waals surface area contributed by atoms with Gasteiger partial charge in [0, 0.05) is 32.1 Å². The van der Waals surface area contributed by atoms with Gasteiger partial charge in [-0.3, -0.25) is 4.79 Å². The molecule has 1 atom stereocenters. The summed E-state index contributed by atoms with van der Waals surface area (Å²) in [4.78, 5) is 11.1. The lowest BCUT2D eigenvalue weighted by Gasteiger charge is -2.29. The zero-order valence-corrected chi connectivity index (χ0v) is 25.5. The van der Waals surface area contributed by atoms with E-state index in [0.29, 0.717) is 24.9 Å². The maximum absolute atomic E-state index is 13.5. The number of aryl methyl sites for hydroxylation is 3. The number of aliphatic hydroxyl groups excluding tert-OH is 1. The highest BCUT2D eigenvalue weighted by Crippen LogP contribution is 2.28. The van der Waals surface area contributed by atoms with E-state index >= 15 is 0 Å². The quantitative estimate of drug-likeness (QED) is 0.212. The third kappa shape index (κ3) is 9.78. The van der Waals surface area contributed by atoms with E-state index in [4.69, 9.17) is 5.11 Å². The number of likely N-dealkylation sites (N-methyl/N-ethyl adjacent to an activating group) is 1. The first-order chi connectivity index (χ1) is 19.4. The number of aliphatic carboxylic acids is 1. The number of hydrogen-bond acceptors (Lipinski definition) is 5. The molecular weight excluding hydrogens is 536 g/mol. The second kappa shape index (κ2) is 14.7. The average Bonchev–Trinajstić information content (AvgIpc) is 2.95. The van der Waals surface area contributed by atoms with Gasteiger partial charge in [-0.1, -0.05) is 67.6 Å². The second-order valence-electron chi connectivity index (χ2n) is 11.3. The summed E-state index contributed by atoms with van der Waals surface area (Å²) in [7, 11) is -2.30. The van der Waals surface area contributed by atoms with E-state index in [1.807, 2.05) is 55.5 Å². The largest absolute Gasteiger partial charge is 0.481 e. The minimum absolute atomic E-state index is 0.0157. The van der Waals surface area contributed by atoms with E-state index in [0.717, 1.165) is 36.0 Å². The predicted octanol–water partition coefficient (Wildman–Crippen LogP) is 5.31. The lowest BCUT2D eigenvalue weighted by molar-refractivity contribution is -0.136. The van der Waals surface area contributed by atoms with E-state index < -0.39 is 22.1 Å². The molecule has 0 fully saturated rings. The molecular formula is C33H44N2O5S. The molecule has 0 aromatic heterocycles. The summed E-state index contributed by atoms with van der Waals surface area (Å²) < 4.78 is 28.2. The monoisotopic (exact) mass is 580 g/mol. The summed E-state index contributed by atoms with van der Waals surface area (Å²) in [6.45, 7) is 6.40. The van der Waals surface area contributed by atoms with Gasteiger partial charge in [-0.25, -0.2) is 8.42 Å². The number of hydrogen-bond donors (Lipinski definition) is 3. The van der Waals surface area contributed by atoms with Crippen LogP contribution in [0.2, 0.25) is 0 Å². The Labute approximate surface area is 245 Å². The molecule has 0 aliphatic rings. The number of carboxylic acids is 1. The molecule has 0 heterocycles. The molecule has 0 bridgehead atoms. The molecule has 7 nitrogen and oxygen atoms in total. The first kappa shape index (κ1) is 32.5. The van der Waals surface area contributed by atoms with E-state index in [-0.39, 0.29) is 23.4 Å². The number of carbonyl (C=O) groups is 1. The number of β-amino-alcohol motifs (C(OH)–C–C–N with tert-alkyl or cyclic N) is 1. The SMILES string of the molecule is CCc1cc(-c2ccc(CCC(=O)O)cc2)ccc1S(=O)(=O)N(C)CC(O)CNC(C)(C)CCCc1ccccc1. The van der Waals surface area contributed by atoms with Crippen molar-refractivity contribution in [1.82, 2.24) is 9.62 Å². The molecule has 0 saturated heterocycles. The third-order valence-electron chi connectivity index (χ3n) is 7.44. The number of benzene rings is 3. The molecule has 0 radical (unpaired) electrons. The summed E-state index contributed by atoms with van der Waals surface area (Å²) in [6.07, 6.45) is 3.16. The summed E-state index contributed by atoms with van der Waals surface area (Å²) in [6, 6.07) is 23.3. The van der Waals surface area contributed by atoms with Crippen LogP contribution in [-0.2, 0) is 34.1 Å². The van der Waals surface area contributed by atoms with Gasteiger partial charge in [0.15, 0.2) is 0 Å². The molecule has 222 valence electrons. The summed E-state index contributed by atoms with van der Waals surface area (Å²) in [5.41, 5.74) is 4.59. The van der Waals surface area contributed by atoms with Gasteiger partial charge >= 0.3 is 5.97 Å². The van der Waals surface area contributed by atoms with Crippen molar-refractivity contribution in [2.75, 3.05) is 20.1 Å². The average molecular weight is 581 g/mol. The molecule has 0 spiro atoms. The Balaban J connectivity index is 1.59.